The van der Waals surface area contributed by atoms with Crippen molar-refractivity contribution in [2.75, 3.05) is 30.9 Å². The van der Waals surface area contributed by atoms with Gasteiger partial charge in [-0.2, -0.15) is 24.4 Å². The summed E-state index contributed by atoms with van der Waals surface area (Å²) in [6.07, 6.45) is 3.21. The minimum atomic E-state index is -1.22. The SMILES string of the molecule is CSCCC(N)C(=O)NC(CO)C(=O)N1CCCC1C(=O)NC(CS)C(=O)O. The zero-order valence-electron chi connectivity index (χ0n) is 15.7. The normalized spacial score (nSPS) is 19.6. The molecule has 4 atom stereocenters. The molecule has 1 aliphatic rings. The van der Waals surface area contributed by atoms with Gasteiger partial charge in [0.15, 0.2) is 0 Å². The Morgan fingerprint density at radius 2 is 1.96 bits per heavy atom. The molecule has 0 radical (unpaired) electrons. The molecule has 0 aromatic rings. The van der Waals surface area contributed by atoms with Gasteiger partial charge in [-0.1, -0.05) is 0 Å². The van der Waals surface area contributed by atoms with Crippen LogP contribution in [-0.4, -0.2) is 93.9 Å². The van der Waals surface area contributed by atoms with Crippen LogP contribution in [0.2, 0.25) is 0 Å². The molecule has 12 heteroatoms. The molecular formula is C16H28N4O6S2. The van der Waals surface area contributed by atoms with E-state index in [0.717, 1.165) is 0 Å². The Morgan fingerprint density at radius 1 is 1.29 bits per heavy atom. The summed E-state index contributed by atoms with van der Waals surface area (Å²) in [4.78, 5) is 49.6. The number of hydrogen-bond donors (Lipinski definition) is 6. The first kappa shape index (κ1) is 24.5. The maximum absolute atomic E-state index is 12.7. The Morgan fingerprint density at radius 3 is 2.50 bits per heavy atom. The van der Waals surface area contributed by atoms with Gasteiger partial charge in [0.1, 0.15) is 18.1 Å². The fourth-order valence-electron chi connectivity index (χ4n) is 2.80. The molecule has 1 saturated heterocycles. The molecule has 1 aliphatic heterocycles. The Labute approximate surface area is 173 Å². The van der Waals surface area contributed by atoms with Gasteiger partial charge < -0.3 is 31.5 Å². The van der Waals surface area contributed by atoms with E-state index < -0.39 is 54.5 Å². The Hall–Kier alpha value is -1.50. The van der Waals surface area contributed by atoms with Crippen molar-refractivity contribution >= 4 is 48.1 Å². The van der Waals surface area contributed by atoms with Crippen molar-refractivity contribution < 1.29 is 29.4 Å². The number of carbonyl (C=O) groups excluding carboxylic acids is 3. The summed E-state index contributed by atoms with van der Waals surface area (Å²) in [6.45, 7) is -0.376. The summed E-state index contributed by atoms with van der Waals surface area (Å²) >= 11 is 5.43. The van der Waals surface area contributed by atoms with Gasteiger partial charge in [0.25, 0.3) is 0 Å². The Bertz CT molecular complexity index is 579. The average Bonchev–Trinajstić information content (AvgIpc) is 3.16. The van der Waals surface area contributed by atoms with Crippen molar-refractivity contribution in [2.24, 2.45) is 5.73 Å². The monoisotopic (exact) mass is 436 g/mol. The van der Waals surface area contributed by atoms with Gasteiger partial charge in [0, 0.05) is 12.3 Å². The summed E-state index contributed by atoms with van der Waals surface area (Å²) in [5.41, 5.74) is 5.78. The molecule has 0 aromatic carbocycles. The van der Waals surface area contributed by atoms with E-state index >= 15 is 0 Å². The molecule has 0 saturated carbocycles. The van der Waals surface area contributed by atoms with Gasteiger partial charge in [-0.15, -0.1) is 0 Å². The zero-order valence-corrected chi connectivity index (χ0v) is 17.4. The molecule has 10 nitrogen and oxygen atoms in total. The van der Waals surface area contributed by atoms with Crippen LogP contribution in [0, 0.1) is 0 Å². The minimum Gasteiger partial charge on any atom is -0.480 e. The molecular weight excluding hydrogens is 408 g/mol. The molecule has 160 valence electrons. The van der Waals surface area contributed by atoms with E-state index in [1.54, 1.807) is 0 Å². The van der Waals surface area contributed by atoms with Crippen LogP contribution in [-0.2, 0) is 19.2 Å². The Balaban J connectivity index is 2.76. The van der Waals surface area contributed by atoms with E-state index in [2.05, 4.69) is 23.3 Å². The van der Waals surface area contributed by atoms with Crippen LogP contribution in [0.5, 0.6) is 0 Å². The lowest BCUT2D eigenvalue weighted by Crippen LogP contribution is -2.58. The maximum atomic E-state index is 12.7. The van der Waals surface area contributed by atoms with E-state index in [1.807, 2.05) is 6.26 Å². The summed E-state index contributed by atoms with van der Waals surface area (Å²) in [6, 6.07) is -4.07. The van der Waals surface area contributed by atoms with Crippen molar-refractivity contribution in [3.05, 3.63) is 0 Å². The van der Waals surface area contributed by atoms with Crippen LogP contribution >= 0.6 is 24.4 Å². The fraction of sp³-hybridized carbons (Fsp3) is 0.750. The second-order valence-electron chi connectivity index (χ2n) is 6.40. The topological polar surface area (TPSA) is 162 Å². The van der Waals surface area contributed by atoms with E-state index in [1.165, 1.54) is 16.7 Å². The molecule has 0 spiro atoms. The number of thioether (sulfide) groups is 1. The number of rotatable bonds is 11. The van der Waals surface area contributed by atoms with Crippen LogP contribution in [0.1, 0.15) is 19.3 Å². The number of likely N-dealkylation sites (tertiary alicyclic amines) is 1. The van der Waals surface area contributed by atoms with Crippen LogP contribution in [0.3, 0.4) is 0 Å². The van der Waals surface area contributed by atoms with Gasteiger partial charge in [-0.25, -0.2) is 4.79 Å². The third-order valence-electron chi connectivity index (χ3n) is 4.40. The van der Waals surface area contributed by atoms with E-state index in [4.69, 9.17) is 10.8 Å². The highest BCUT2D eigenvalue weighted by atomic mass is 32.2. The number of nitrogens with two attached hydrogens (primary N) is 1. The highest BCUT2D eigenvalue weighted by molar-refractivity contribution is 7.98. The number of aliphatic hydroxyl groups is 1. The third-order valence-corrected chi connectivity index (χ3v) is 5.41. The molecule has 1 heterocycles. The number of amides is 3. The lowest BCUT2D eigenvalue weighted by Gasteiger charge is -2.29. The highest BCUT2D eigenvalue weighted by Crippen LogP contribution is 2.19. The van der Waals surface area contributed by atoms with Gasteiger partial charge in [0.05, 0.1) is 12.6 Å². The number of aliphatic carboxylic acids is 1. The van der Waals surface area contributed by atoms with Crippen molar-refractivity contribution in [3.8, 4) is 0 Å². The second-order valence-corrected chi connectivity index (χ2v) is 7.75. The quantitative estimate of drug-likeness (QED) is 0.203. The van der Waals surface area contributed by atoms with Crippen molar-refractivity contribution in [2.45, 2.75) is 43.4 Å². The van der Waals surface area contributed by atoms with E-state index in [0.29, 0.717) is 25.0 Å². The van der Waals surface area contributed by atoms with Gasteiger partial charge in [-0.3, -0.25) is 14.4 Å². The molecule has 0 aliphatic carbocycles. The lowest BCUT2D eigenvalue weighted by atomic mass is 10.1. The summed E-state index contributed by atoms with van der Waals surface area (Å²) in [5.74, 6) is -2.40. The molecule has 4 unspecified atom stereocenters. The standard InChI is InChI=1S/C16H28N4O6S2/c1-28-6-4-9(17)13(22)18-10(7-21)15(24)20-5-2-3-12(20)14(23)19-11(8-27)16(25)26/h9-12,21,27H,2-8,17H2,1H3,(H,18,22)(H,19,23)(H,25,26). The first-order chi connectivity index (χ1) is 13.3. The number of nitrogens with zero attached hydrogens (tertiary/aromatic N) is 1. The van der Waals surface area contributed by atoms with Crippen LogP contribution in [0.15, 0.2) is 0 Å². The van der Waals surface area contributed by atoms with Crippen molar-refractivity contribution in [1.29, 1.82) is 0 Å². The summed E-state index contributed by atoms with van der Waals surface area (Å²) < 4.78 is 0. The van der Waals surface area contributed by atoms with Crippen LogP contribution in [0.25, 0.3) is 0 Å². The Kier molecular flexibility index (Phi) is 10.6. The van der Waals surface area contributed by atoms with Crippen LogP contribution < -0.4 is 16.4 Å². The average molecular weight is 437 g/mol. The molecule has 0 bridgehead atoms. The number of thiol groups is 1. The van der Waals surface area contributed by atoms with Crippen molar-refractivity contribution in [3.63, 3.8) is 0 Å². The molecule has 1 rings (SSSR count). The number of aliphatic hydroxyl groups excluding tert-OH is 1. The first-order valence-corrected chi connectivity index (χ1v) is 10.9. The number of carboxylic acid groups (broad SMARTS) is 1. The fourth-order valence-corrected chi connectivity index (χ4v) is 3.53. The van der Waals surface area contributed by atoms with E-state index in [-0.39, 0.29) is 12.3 Å². The van der Waals surface area contributed by atoms with E-state index in [9.17, 15) is 24.3 Å². The number of nitrogens with one attached hydrogen (secondary N) is 2. The number of carbonyl (C=O) groups is 4. The zero-order chi connectivity index (χ0) is 21.3. The minimum absolute atomic E-state index is 0.0923. The predicted octanol–water partition coefficient (Wildman–Crippen LogP) is -1.97. The number of hydrogen-bond acceptors (Lipinski definition) is 8. The third kappa shape index (κ3) is 6.83. The summed E-state index contributed by atoms with van der Waals surface area (Å²) in [7, 11) is 0. The predicted molar refractivity (Wildman–Crippen MR) is 108 cm³/mol. The van der Waals surface area contributed by atoms with Crippen LogP contribution in [0.4, 0.5) is 0 Å². The van der Waals surface area contributed by atoms with Gasteiger partial charge in [-0.05, 0) is 31.3 Å². The molecule has 1 fully saturated rings. The van der Waals surface area contributed by atoms with Gasteiger partial charge >= 0.3 is 5.97 Å². The maximum Gasteiger partial charge on any atom is 0.327 e. The smallest absolute Gasteiger partial charge is 0.327 e. The largest absolute Gasteiger partial charge is 0.480 e. The lowest BCUT2D eigenvalue weighted by molar-refractivity contribution is -0.144. The van der Waals surface area contributed by atoms with Crippen molar-refractivity contribution in [1.82, 2.24) is 15.5 Å². The van der Waals surface area contributed by atoms with Gasteiger partial charge in [0.2, 0.25) is 17.7 Å². The first-order valence-electron chi connectivity index (χ1n) is 8.87. The summed E-state index contributed by atoms with van der Waals surface area (Å²) in [5, 5.41) is 23.4. The molecule has 0 aromatic heterocycles. The molecule has 28 heavy (non-hydrogen) atoms. The molecule has 6 N–H and O–H groups in total. The number of carboxylic acids is 1. The molecule has 3 amide bonds. The highest BCUT2D eigenvalue weighted by Gasteiger charge is 2.38. The second kappa shape index (κ2) is 12.1.